The number of hydrogen-bond donors (Lipinski definition) is 1. The van der Waals surface area contributed by atoms with Gasteiger partial charge in [-0.05, 0) is 29.8 Å². The molecule has 0 unspecified atom stereocenters. The van der Waals surface area contributed by atoms with E-state index < -0.39 is 5.60 Å². The molecule has 140 valence electrons. The summed E-state index contributed by atoms with van der Waals surface area (Å²) >= 11 is 0. The van der Waals surface area contributed by atoms with E-state index in [2.05, 4.69) is 15.3 Å². The molecule has 1 aliphatic rings. The predicted octanol–water partition coefficient (Wildman–Crippen LogP) is 2.30. The van der Waals surface area contributed by atoms with Gasteiger partial charge >= 0.3 is 0 Å². The van der Waals surface area contributed by atoms with Gasteiger partial charge in [0.25, 0.3) is 0 Å². The zero-order chi connectivity index (χ0) is 18.5. The summed E-state index contributed by atoms with van der Waals surface area (Å²) in [7, 11) is 0. The number of aliphatic hydroxyl groups is 1. The van der Waals surface area contributed by atoms with E-state index in [1.807, 2.05) is 48.7 Å². The summed E-state index contributed by atoms with van der Waals surface area (Å²) in [4.78, 5) is 4.24. The first kappa shape index (κ1) is 17.6. The predicted molar refractivity (Wildman–Crippen MR) is 98.1 cm³/mol. The third kappa shape index (κ3) is 4.32. The monoisotopic (exact) mass is 366 g/mol. The summed E-state index contributed by atoms with van der Waals surface area (Å²) in [6.45, 7) is 2.11. The number of benzene rings is 1. The van der Waals surface area contributed by atoms with Gasteiger partial charge in [-0.25, -0.2) is 4.68 Å². The van der Waals surface area contributed by atoms with Crippen molar-refractivity contribution >= 4 is 0 Å². The van der Waals surface area contributed by atoms with E-state index in [-0.39, 0.29) is 0 Å². The Hall–Kier alpha value is -2.77. The van der Waals surface area contributed by atoms with Crippen LogP contribution in [0.4, 0.5) is 0 Å². The second-order valence-electron chi connectivity index (χ2n) is 6.70. The van der Waals surface area contributed by atoms with E-state index in [1.165, 1.54) is 0 Å². The minimum Gasteiger partial charge on any atom is -0.487 e. The van der Waals surface area contributed by atoms with Gasteiger partial charge in [0, 0.05) is 32.3 Å². The van der Waals surface area contributed by atoms with Gasteiger partial charge in [-0.2, -0.15) is 0 Å². The Labute approximate surface area is 157 Å². The lowest BCUT2D eigenvalue weighted by Crippen LogP contribution is -2.33. The summed E-state index contributed by atoms with van der Waals surface area (Å²) in [5.41, 5.74) is 1.65. The molecule has 3 aromatic rings. The molecule has 0 bridgehead atoms. The molecule has 1 aromatic carbocycles. The van der Waals surface area contributed by atoms with Gasteiger partial charge in [0.1, 0.15) is 23.7 Å². The fraction of sp³-hybridized carbons (Fsp3) is 0.350. The second kappa shape index (κ2) is 7.85. The smallest absolute Gasteiger partial charge is 0.130 e. The maximum Gasteiger partial charge on any atom is 0.130 e. The Balaban J connectivity index is 1.36. The first-order valence-corrected chi connectivity index (χ1v) is 9.04. The lowest BCUT2D eigenvalue weighted by Gasteiger charge is -2.29. The number of rotatable bonds is 6. The highest BCUT2D eigenvalue weighted by atomic mass is 16.5. The Bertz CT molecular complexity index is 858. The van der Waals surface area contributed by atoms with Gasteiger partial charge in [0.15, 0.2) is 0 Å². The molecule has 0 atom stereocenters. The summed E-state index contributed by atoms with van der Waals surface area (Å²) in [5, 5.41) is 19.0. The number of ether oxygens (including phenoxy) is 2. The van der Waals surface area contributed by atoms with Gasteiger partial charge in [0.2, 0.25) is 0 Å². The van der Waals surface area contributed by atoms with Crippen LogP contribution in [0.3, 0.4) is 0 Å². The van der Waals surface area contributed by atoms with E-state index in [1.54, 1.807) is 10.9 Å². The van der Waals surface area contributed by atoms with E-state index in [0.717, 1.165) is 17.0 Å². The van der Waals surface area contributed by atoms with Gasteiger partial charge in [-0.1, -0.05) is 23.4 Å². The summed E-state index contributed by atoms with van der Waals surface area (Å²) in [6.07, 6.45) is 4.67. The van der Waals surface area contributed by atoms with Crippen molar-refractivity contribution in [3.05, 3.63) is 71.8 Å². The normalized spacial score (nSPS) is 16.2. The highest BCUT2D eigenvalue weighted by Gasteiger charge is 2.34. The molecule has 3 heterocycles. The third-order valence-corrected chi connectivity index (χ3v) is 4.72. The molecule has 1 aliphatic heterocycles. The fourth-order valence-electron chi connectivity index (χ4n) is 3.07. The molecule has 4 rings (SSSR count). The maximum absolute atomic E-state index is 10.7. The van der Waals surface area contributed by atoms with Crippen molar-refractivity contribution in [1.29, 1.82) is 0 Å². The van der Waals surface area contributed by atoms with Crippen molar-refractivity contribution in [3.63, 3.8) is 0 Å². The van der Waals surface area contributed by atoms with Crippen LogP contribution in [0.5, 0.6) is 5.75 Å². The van der Waals surface area contributed by atoms with Crippen LogP contribution in [-0.2, 0) is 23.5 Å². The summed E-state index contributed by atoms with van der Waals surface area (Å²) in [6, 6.07) is 13.6. The van der Waals surface area contributed by atoms with Crippen LogP contribution in [0.2, 0.25) is 0 Å². The van der Waals surface area contributed by atoms with Crippen LogP contribution in [-0.4, -0.2) is 38.3 Å². The summed E-state index contributed by atoms with van der Waals surface area (Å²) in [5.74, 6) is 0.792. The zero-order valence-corrected chi connectivity index (χ0v) is 15.0. The van der Waals surface area contributed by atoms with E-state index in [9.17, 15) is 5.11 Å². The minimum absolute atomic E-state index is 0.439. The quantitative estimate of drug-likeness (QED) is 0.721. The Morgan fingerprint density at radius 3 is 2.67 bits per heavy atom. The van der Waals surface area contributed by atoms with Crippen LogP contribution in [0.25, 0.3) is 0 Å². The number of aromatic nitrogens is 4. The van der Waals surface area contributed by atoms with Crippen LogP contribution in [0, 0.1) is 0 Å². The van der Waals surface area contributed by atoms with Crippen LogP contribution in [0.1, 0.15) is 29.8 Å². The first-order chi connectivity index (χ1) is 13.2. The molecule has 1 saturated heterocycles. The lowest BCUT2D eigenvalue weighted by molar-refractivity contribution is -0.0706. The molecular weight excluding hydrogens is 344 g/mol. The Morgan fingerprint density at radius 2 is 1.93 bits per heavy atom. The highest BCUT2D eigenvalue weighted by molar-refractivity contribution is 5.27. The van der Waals surface area contributed by atoms with Crippen molar-refractivity contribution in [3.8, 4) is 5.75 Å². The second-order valence-corrected chi connectivity index (χ2v) is 6.70. The molecule has 0 amide bonds. The molecule has 7 heteroatoms. The van der Waals surface area contributed by atoms with Crippen molar-refractivity contribution in [2.75, 3.05) is 13.2 Å². The average molecular weight is 366 g/mol. The molecule has 27 heavy (non-hydrogen) atoms. The first-order valence-electron chi connectivity index (χ1n) is 9.04. The number of pyridine rings is 1. The lowest BCUT2D eigenvalue weighted by atomic mass is 9.91. The van der Waals surface area contributed by atoms with Crippen molar-refractivity contribution in [2.24, 2.45) is 0 Å². The molecule has 0 spiro atoms. The molecule has 1 fully saturated rings. The SMILES string of the molecule is OC1(c2cn(Cc3ccc(OCc4ccccn4)cc3)nn2)CCOCC1. The summed E-state index contributed by atoms with van der Waals surface area (Å²) < 4.78 is 12.8. The molecule has 0 radical (unpaired) electrons. The molecule has 7 nitrogen and oxygen atoms in total. The maximum atomic E-state index is 10.7. The van der Waals surface area contributed by atoms with E-state index in [4.69, 9.17) is 9.47 Å². The number of nitrogens with zero attached hydrogens (tertiary/aromatic N) is 4. The van der Waals surface area contributed by atoms with Crippen molar-refractivity contribution in [2.45, 2.75) is 31.6 Å². The minimum atomic E-state index is -0.931. The zero-order valence-electron chi connectivity index (χ0n) is 15.0. The van der Waals surface area contributed by atoms with Crippen LogP contribution in [0.15, 0.2) is 54.9 Å². The van der Waals surface area contributed by atoms with Crippen molar-refractivity contribution in [1.82, 2.24) is 20.0 Å². The molecule has 0 saturated carbocycles. The van der Waals surface area contributed by atoms with Gasteiger partial charge in [0.05, 0.1) is 18.4 Å². The van der Waals surface area contributed by atoms with E-state index in [0.29, 0.717) is 44.9 Å². The third-order valence-electron chi connectivity index (χ3n) is 4.72. The fourth-order valence-corrected chi connectivity index (χ4v) is 3.07. The van der Waals surface area contributed by atoms with Crippen LogP contribution >= 0.6 is 0 Å². The van der Waals surface area contributed by atoms with Gasteiger partial charge in [-0.15, -0.1) is 5.10 Å². The van der Waals surface area contributed by atoms with Crippen LogP contribution < -0.4 is 4.74 Å². The standard InChI is InChI=1S/C20H22N4O3/c25-20(8-11-26-12-9-20)19-14-24(23-22-19)13-16-4-6-18(7-5-16)27-15-17-3-1-2-10-21-17/h1-7,10,14,25H,8-9,11-13,15H2. The molecule has 1 N–H and O–H groups in total. The molecule has 0 aliphatic carbocycles. The molecular formula is C20H22N4O3. The van der Waals surface area contributed by atoms with E-state index >= 15 is 0 Å². The highest BCUT2D eigenvalue weighted by Crippen LogP contribution is 2.30. The molecule has 2 aromatic heterocycles. The van der Waals surface area contributed by atoms with Crippen molar-refractivity contribution < 1.29 is 14.6 Å². The van der Waals surface area contributed by atoms with Gasteiger partial charge in [-0.3, -0.25) is 4.98 Å². The van der Waals surface area contributed by atoms with Gasteiger partial charge < -0.3 is 14.6 Å². The Kier molecular flexibility index (Phi) is 5.13. The largest absolute Gasteiger partial charge is 0.487 e. The number of hydrogen-bond acceptors (Lipinski definition) is 6. The topological polar surface area (TPSA) is 82.3 Å². The Morgan fingerprint density at radius 1 is 1.11 bits per heavy atom. The average Bonchev–Trinajstić information content (AvgIpc) is 3.18.